The molecule has 1 amide bonds. The highest BCUT2D eigenvalue weighted by atomic mass is 19.1. The largest absolute Gasteiger partial charge is 0.353 e. The van der Waals surface area contributed by atoms with Crippen LogP contribution in [0, 0.1) is 17.6 Å². The van der Waals surface area contributed by atoms with E-state index >= 15 is 0 Å². The van der Waals surface area contributed by atoms with Crippen LogP contribution in [-0.2, 0) is 4.79 Å². The fourth-order valence-electron chi connectivity index (χ4n) is 3.82. The van der Waals surface area contributed by atoms with E-state index in [1.807, 2.05) is 0 Å². The van der Waals surface area contributed by atoms with Gasteiger partial charge in [0.1, 0.15) is 23.0 Å². The molecule has 0 fully saturated rings. The quantitative estimate of drug-likeness (QED) is 0.314. The highest BCUT2D eigenvalue weighted by molar-refractivity contribution is 6.01. The molecule has 5 rings (SSSR count). The Balaban J connectivity index is 1.52. The van der Waals surface area contributed by atoms with Crippen molar-refractivity contribution >= 4 is 22.8 Å². The van der Waals surface area contributed by atoms with Gasteiger partial charge in [-0.3, -0.25) is 9.78 Å². The third-order valence-corrected chi connectivity index (χ3v) is 5.65. The van der Waals surface area contributed by atoms with Crippen molar-refractivity contribution in [3.8, 4) is 22.5 Å². The number of amides is 1. The summed E-state index contributed by atoms with van der Waals surface area (Å²) in [4.78, 5) is 28.4. The summed E-state index contributed by atoms with van der Waals surface area (Å²) in [6, 6.07) is 14.6. The molecule has 1 aromatic carbocycles. The Hall–Kier alpha value is -4.53. The molecule has 1 unspecified atom stereocenters. The van der Waals surface area contributed by atoms with E-state index in [0.29, 0.717) is 39.1 Å². The summed E-state index contributed by atoms with van der Waals surface area (Å²) in [6.07, 6.45) is 2.60. The van der Waals surface area contributed by atoms with Crippen molar-refractivity contribution in [3.05, 3.63) is 96.2 Å². The number of rotatable bonds is 5. The van der Waals surface area contributed by atoms with Crippen molar-refractivity contribution in [3.63, 3.8) is 0 Å². The molecule has 1 atom stereocenters. The predicted octanol–water partition coefficient (Wildman–Crippen LogP) is 5.85. The molecule has 0 aliphatic heterocycles. The lowest BCUT2D eigenvalue weighted by atomic mass is 10.0. The molecule has 174 valence electrons. The lowest BCUT2D eigenvalue weighted by Gasteiger charge is -2.13. The first kappa shape index (κ1) is 22.3. The molecule has 9 heteroatoms. The number of hydrogen-bond donors (Lipinski definition) is 2. The van der Waals surface area contributed by atoms with E-state index < -0.39 is 17.7 Å². The predicted molar refractivity (Wildman–Crippen MR) is 126 cm³/mol. The van der Waals surface area contributed by atoms with E-state index in [0.717, 1.165) is 6.20 Å². The molecule has 4 heterocycles. The average Bonchev–Trinajstić information content (AvgIpc) is 3.23. The molecule has 6 nitrogen and oxygen atoms in total. The molecular formula is C26H18F3N5O. The monoisotopic (exact) mass is 473 g/mol. The molecule has 0 bridgehead atoms. The lowest BCUT2D eigenvalue weighted by Crippen LogP contribution is -2.19. The fourth-order valence-corrected chi connectivity index (χ4v) is 3.82. The molecule has 2 N–H and O–H groups in total. The van der Waals surface area contributed by atoms with Crippen LogP contribution in [0.1, 0.15) is 18.4 Å². The third kappa shape index (κ3) is 4.48. The highest BCUT2D eigenvalue weighted by Gasteiger charge is 2.20. The third-order valence-electron chi connectivity index (χ3n) is 5.65. The standard InChI is InChI=1S/C26H18F3N5O/c1-14(15-2-4-17(27)5-3-15)26(35)34-22-12-16(10-11-30-22)24-23(19-7-6-18(28)13-31-19)25-20(32-24)8-9-21(29)33-25/h2-14,32H,1H3,(H,30,34,35). The van der Waals surface area contributed by atoms with Crippen LogP contribution in [0.4, 0.5) is 19.0 Å². The maximum absolute atomic E-state index is 14.0. The first-order chi connectivity index (χ1) is 16.9. The Bertz CT molecular complexity index is 1530. The van der Waals surface area contributed by atoms with Gasteiger partial charge in [0.05, 0.1) is 34.6 Å². The van der Waals surface area contributed by atoms with E-state index in [1.165, 1.54) is 36.5 Å². The van der Waals surface area contributed by atoms with Gasteiger partial charge in [-0.2, -0.15) is 4.39 Å². The summed E-state index contributed by atoms with van der Waals surface area (Å²) < 4.78 is 40.7. The zero-order chi connectivity index (χ0) is 24.5. The molecule has 0 spiro atoms. The first-order valence-electron chi connectivity index (χ1n) is 10.7. The molecule has 35 heavy (non-hydrogen) atoms. The van der Waals surface area contributed by atoms with Crippen LogP contribution in [0.3, 0.4) is 0 Å². The number of aromatic nitrogens is 4. The van der Waals surface area contributed by atoms with Gasteiger partial charge in [0.15, 0.2) is 0 Å². The summed E-state index contributed by atoms with van der Waals surface area (Å²) in [5, 5.41) is 2.78. The number of carbonyl (C=O) groups excluding carboxylic acids is 1. The number of nitrogens with one attached hydrogen (secondary N) is 2. The Morgan fingerprint density at radius 3 is 2.46 bits per heavy atom. The summed E-state index contributed by atoms with van der Waals surface area (Å²) in [5.41, 5.74) is 3.64. The number of nitrogens with zero attached hydrogens (tertiary/aromatic N) is 3. The molecule has 0 saturated carbocycles. The average molecular weight is 473 g/mol. The van der Waals surface area contributed by atoms with Crippen molar-refractivity contribution in [2.24, 2.45) is 0 Å². The maximum atomic E-state index is 14.0. The normalized spacial score (nSPS) is 12.0. The van der Waals surface area contributed by atoms with Gasteiger partial charge in [-0.1, -0.05) is 12.1 Å². The summed E-state index contributed by atoms with van der Waals surface area (Å²) >= 11 is 0. The molecule has 0 aliphatic rings. The number of anilines is 1. The maximum Gasteiger partial charge on any atom is 0.232 e. The van der Waals surface area contributed by atoms with Gasteiger partial charge in [0, 0.05) is 11.8 Å². The van der Waals surface area contributed by atoms with E-state index in [2.05, 4.69) is 25.3 Å². The SMILES string of the molecule is CC(C(=O)Nc1cc(-c2[nH]c3ccc(F)nc3c2-c2ccc(F)cn2)ccn1)c1ccc(F)cc1. The zero-order valence-electron chi connectivity index (χ0n) is 18.4. The molecule has 4 aromatic heterocycles. The first-order valence-corrected chi connectivity index (χ1v) is 10.7. The molecule has 0 aliphatic carbocycles. The Labute approximate surface area is 197 Å². The van der Waals surface area contributed by atoms with Crippen molar-refractivity contribution < 1.29 is 18.0 Å². The van der Waals surface area contributed by atoms with Gasteiger partial charge in [-0.05, 0) is 61.0 Å². The molecule has 0 saturated heterocycles. The number of H-pyrrole nitrogens is 1. The van der Waals surface area contributed by atoms with E-state index in [1.54, 1.807) is 37.3 Å². The highest BCUT2D eigenvalue weighted by Crippen LogP contribution is 2.37. The van der Waals surface area contributed by atoms with Gasteiger partial charge >= 0.3 is 0 Å². The van der Waals surface area contributed by atoms with Crippen LogP contribution >= 0.6 is 0 Å². The molecule has 5 aromatic rings. The van der Waals surface area contributed by atoms with Gasteiger partial charge in [0.25, 0.3) is 0 Å². The number of fused-ring (bicyclic) bond motifs is 1. The minimum Gasteiger partial charge on any atom is -0.353 e. The number of carbonyl (C=O) groups is 1. The lowest BCUT2D eigenvalue weighted by molar-refractivity contribution is -0.117. The number of benzene rings is 1. The van der Waals surface area contributed by atoms with Gasteiger partial charge in [-0.25, -0.2) is 18.7 Å². The zero-order valence-corrected chi connectivity index (χ0v) is 18.4. The van der Waals surface area contributed by atoms with E-state index in [4.69, 9.17) is 0 Å². The van der Waals surface area contributed by atoms with Crippen molar-refractivity contribution in [2.45, 2.75) is 12.8 Å². The summed E-state index contributed by atoms with van der Waals surface area (Å²) in [5.74, 6) is -2.11. The number of pyridine rings is 3. The van der Waals surface area contributed by atoms with Crippen LogP contribution in [-0.4, -0.2) is 25.8 Å². The molecule has 0 radical (unpaired) electrons. The van der Waals surface area contributed by atoms with Gasteiger partial charge < -0.3 is 10.3 Å². The fraction of sp³-hybridized carbons (Fsp3) is 0.0769. The summed E-state index contributed by atoms with van der Waals surface area (Å²) in [6.45, 7) is 1.71. The van der Waals surface area contributed by atoms with Gasteiger partial charge in [-0.15, -0.1) is 0 Å². The smallest absolute Gasteiger partial charge is 0.232 e. The van der Waals surface area contributed by atoms with Crippen LogP contribution < -0.4 is 5.32 Å². The Kier molecular flexibility index (Phi) is 5.74. The minimum atomic E-state index is -0.663. The second kappa shape index (κ2) is 9.02. The number of hydrogen-bond acceptors (Lipinski definition) is 4. The van der Waals surface area contributed by atoms with E-state index in [-0.39, 0.29) is 17.5 Å². The number of halogens is 3. The van der Waals surface area contributed by atoms with Crippen LogP contribution in [0.5, 0.6) is 0 Å². The molecular weight excluding hydrogens is 455 g/mol. The van der Waals surface area contributed by atoms with E-state index in [9.17, 15) is 18.0 Å². The topological polar surface area (TPSA) is 83.6 Å². The van der Waals surface area contributed by atoms with Crippen molar-refractivity contribution in [1.82, 2.24) is 19.9 Å². The van der Waals surface area contributed by atoms with Crippen LogP contribution in [0.15, 0.2) is 73.1 Å². The van der Waals surface area contributed by atoms with Crippen LogP contribution in [0.25, 0.3) is 33.5 Å². The van der Waals surface area contributed by atoms with Crippen molar-refractivity contribution in [1.29, 1.82) is 0 Å². The Morgan fingerprint density at radius 1 is 0.943 bits per heavy atom. The van der Waals surface area contributed by atoms with Crippen molar-refractivity contribution in [2.75, 3.05) is 5.32 Å². The minimum absolute atomic E-state index is 0.289. The summed E-state index contributed by atoms with van der Waals surface area (Å²) in [7, 11) is 0. The number of aromatic amines is 1. The van der Waals surface area contributed by atoms with Gasteiger partial charge in [0.2, 0.25) is 11.9 Å². The second-order valence-corrected chi connectivity index (χ2v) is 7.96. The Morgan fingerprint density at radius 2 is 1.71 bits per heavy atom. The van der Waals surface area contributed by atoms with Crippen LogP contribution in [0.2, 0.25) is 0 Å². The second-order valence-electron chi connectivity index (χ2n) is 7.96.